The molecule has 17 heavy (non-hydrogen) atoms. The van der Waals surface area contributed by atoms with Crippen LogP contribution in [0.1, 0.15) is 45.1 Å². The monoisotopic (exact) mass is 234 g/mol. The molecule has 0 amide bonds. The van der Waals surface area contributed by atoms with E-state index in [-0.39, 0.29) is 0 Å². The lowest BCUT2D eigenvalue weighted by Crippen LogP contribution is -1.97. The van der Waals surface area contributed by atoms with Gasteiger partial charge in [0.2, 0.25) is 0 Å². The molecule has 0 saturated heterocycles. The van der Waals surface area contributed by atoms with Crippen LogP contribution in [-0.4, -0.2) is 12.4 Å². The van der Waals surface area contributed by atoms with Crippen molar-refractivity contribution in [2.75, 3.05) is 6.61 Å². The fourth-order valence-electron chi connectivity index (χ4n) is 1.87. The molecular formula is C15H22O2. The summed E-state index contributed by atoms with van der Waals surface area (Å²) in [6, 6.07) is 8.20. The predicted molar refractivity (Wildman–Crippen MR) is 70.5 cm³/mol. The smallest absolute Gasteiger partial charge is 0.129 e. The van der Waals surface area contributed by atoms with Crippen LogP contribution in [0, 0.1) is 0 Å². The van der Waals surface area contributed by atoms with Gasteiger partial charge in [-0.05, 0) is 44.7 Å². The van der Waals surface area contributed by atoms with Crippen LogP contribution in [0.4, 0.5) is 0 Å². The number of para-hydroxylation sites is 1. The highest BCUT2D eigenvalue weighted by molar-refractivity contribution is 5.75. The average molecular weight is 234 g/mol. The van der Waals surface area contributed by atoms with Crippen molar-refractivity contribution in [1.29, 1.82) is 0 Å². The van der Waals surface area contributed by atoms with Crippen LogP contribution in [0.15, 0.2) is 24.3 Å². The quantitative estimate of drug-likeness (QED) is 0.640. The topological polar surface area (TPSA) is 26.3 Å². The molecule has 2 heteroatoms. The third kappa shape index (κ3) is 5.53. The Kier molecular flexibility index (Phi) is 6.38. The molecule has 1 rings (SSSR count). The maximum absolute atomic E-state index is 10.8. The number of rotatable bonds is 8. The largest absolute Gasteiger partial charge is 0.494 e. The molecule has 2 nitrogen and oxygen atoms in total. The van der Waals surface area contributed by atoms with Crippen molar-refractivity contribution in [3.05, 3.63) is 29.8 Å². The van der Waals surface area contributed by atoms with Gasteiger partial charge in [0, 0.05) is 6.42 Å². The van der Waals surface area contributed by atoms with Gasteiger partial charge in [0.25, 0.3) is 0 Å². The van der Waals surface area contributed by atoms with Crippen molar-refractivity contribution < 1.29 is 9.53 Å². The fraction of sp³-hybridized carbons (Fsp3) is 0.533. The van der Waals surface area contributed by atoms with E-state index in [0.717, 1.165) is 31.4 Å². The zero-order valence-corrected chi connectivity index (χ0v) is 10.9. The highest BCUT2D eigenvalue weighted by Gasteiger charge is 2.02. The van der Waals surface area contributed by atoms with Crippen molar-refractivity contribution in [3.8, 4) is 5.75 Å². The number of carbonyl (C=O) groups is 1. The molecule has 0 atom stereocenters. The second-order valence-electron chi connectivity index (χ2n) is 4.30. The number of unbranched alkanes of at least 4 members (excludes halogenated alkanes) is 2. The van der Waals surface area contributed by atoms with E-state index >= 15 is 0 Å². The minimum atomic E-state index is 0.291. The summed E-state index contributed by atoms with van der Waals surface area (Å²) in [5.74, 6) is 1.29. The minimum absolute atomic E-state index is 0.291. The first-order valence-electron chi connectivity index (χ1n) is 6.44. The van der Waals surface area contributed by atoms with E-state index in [9.17, 15) is 4.79 Å². The van der Waals surface area contributed by atoms with Crippen LogP contribution in [0.5, 0.6) is 5.75 Å². The van der Waals surface area contributed by atoms with Crippen LogP contribution >= 0.6 is 0 Å². The van der Waals surface area contributed by atoms with Crippen LogP contribution in [-0.2, 0) is 11.2 Å². The summed E-state index contributed by atoms with van der Waals surface area (Å²) in [5, 5.41) is 0. The zero-order valence-electron chi connectivity index (χ0n) is 10.9. The Balaban J connectivity index is 2.33. The third-order valence-corrected chi connectivity index (χ3v) is 2.75. The van der Waals surface area contributed by atoms with Crippen molar-refractivity contribution >= 4 is 5.78 Å². The highest BCUT2D eigenvalue weighted by atomic mass is 16.5. The van der Waals surface area contributed by atoms with Crippen molar-refractivity contribution in [1.82, 2.24) is 0 Å². The van der Waals surface area contributed by atoms with E-state index in [4.69, 9.17) is 4.74 Å². The first-order valence-corrected chi connectivity index (χ1v) is 6.44. The van der Waals surface area contributed by atoms with Crippen LogP contribution in [0.2, 0.25) is 0 Å². The summed E-state index contributed by atoms with van der Waals surface area (Å²) in [5.41, 5.74) is 1.28. The molecular weight excluding hydrogens is 212 g/mol. The van der Waals surface area contributed by atoms with E-state index in [0.29, 0.717) is 18.8 Å². The van der Waals surface area contributed by atoms with Gasteiger partial charge in [-0.2, -0.15) is 0 Å². The summed E-state index contributed by atoms with van der Waals surface area (Å²) in [4.78, 5) is 10.8. The number of hydrogen-bond donors (Lipinski definition) is 0. The molecule has 0 aliphatic heterocycles. The Hall–Kier alpha value is -1.31. The van der Waals surface area contributed by atoms with Crippen LogP contribution in [0.3, 0.4) is 0 Å². The molecule has 0 saturated carbocycles. The first kappa shape index (κ1) is 13.8. The highest BCUT2D eigenvalue weighted by Crippen LogP contribution is 2.20. The number of carbonyl (C=O) groups excluding carboxylic acids is 1. The van der Waals surface area contributed by atoms with Crippen molar-refractivity contribution in [3.63, 3.8) is 0 Å². The molecule has 1 aromatic carbocycles. The van der Waals surface area contributed by atoms with Gasteiger partial charge in [0.15, 0.2) is 0 Å². The lowest BCUT2D eigenvalue weighted by molar-refractivity contribution is -0.117. The Bertz CT molecular complexity index is 345. The Morgan fingerprint density at radius 3 is 2.65 bits per heavy atom. The Morgan fingerprint density at radius 2 is 1.94 bits per heavy atom. The molecule has 0 aliphatic rings. The van der Waals surface area contributed by atoms with Gasteiger partial charge >= 0.3 is 0 Å². The number of ether oxygens (including phenoxy) is 1. The van der Waals surface area contributed by atoms with Crippen LogP contribution < -0.4 is 4.74 Å². The van der Waals surface area contributed by atoms with E-state index < -0.39 is 0 Å². The van der Waals surface area contributed by atoms with E-state index in [1.165, 1.54) is 5.56 Å². The summed E-state index contributed by atoms with van der Waals surface area (Å²) < 4.78 is 5.58. The lowest BCUT2D eigenvalue weighted by atomic mass is 10.0. The fourth-order valence-corrected chi connectivity index (χ4v) is 1.87. The van der Waals surface area contributed by atoms with Gasteiger partial charge < -0.3 is 9.53 Å². The second-order valence-corrected chi connectivity index (χ2v) is 4.30. The zero-order chi connectivity index (χ0) is 12.5. The third-order valence-electron chi connectivity index (χ3n) is 2.75. The Labute approximate surface area is 104 Å². The number of ketones is 1. The van der Waals surface area contributed by atoms with Crippen LogP contribution in [0.25, 0.3) is 0 Å². The Morgan fingerprint density at radius 1 is 1.18 bits per heavy atom. The molecule has 0 heterocycles. The first-order chi connectivity index (χ1) is 8.24. The standard InChI is InChI=1S/C15H22O2/c1-3-17-15-12-8-7-11-14(15)10-6-4-5-9-13(2)16/h7-8,11-12H,3-6,9-10H2,1-2H3. The predicted octanol–water partition coefficient (Wildman–Crippen LogP) is 3.78. The molecule has 0 unspecified atom stereocenters. The van der Waals surface area contributed by atoms with Gasteiger partial charge in [0.1, 0.15) is 11.5 Å². The van der Waals surface area contributed by atoms with Gasteiger partial charge in [-0.25, -0.2) is 0 Å². The molecule has 0 aliphatic carbocycles. The number of benzene rings is 1. The lowest BCUT2D eigenvalue weighted by Gasteiger charge is -2.09. The summed E-state index contributed by atoms with van der Waals surface area (Å²) in [7, 11) is 0. The molecule has 0 N–H and O–H groups in total. The van der Waals surface area contributed by atoms with E-state index in [1.807, 2.05) is 25.1 Å². The average Bonchev–Trinajstić information content (AvgIpc) is 2.31. The number of aryl methyl sites for hydroxylation is 1. The molecule has 94 valence electrons. The van der Waals surface area contributed by atoms with Gasteiger partial charge in [-0.1, -0.05) is 24.6 Å². The summed E-state index contributed by atoms with van der Waals surface area (Å²) in [6.07, 6.45) is 4.99. The van der Waals surface area contributed by atoms with Gasteiger partial charge in [-0.15, -0.1) is 0 Å². The molecule has 1 aromatic rings. The SMILES string of the molecule is CCOc1ccccc1CCCCCC(C)=O. The number of Topliss-reactive ketones (excluding diaryl/α,β-unsaturated/α-hetero) is 1. The van der Waals surface area contributed by atoms with Crippen molar-refractivity contribution in [2.45, 2.75) is 46.0 Å². The molecule has 0 radical (unpaired) electrons. The second kappa shape index (κ2) is 7.88. The molecule has 0 aromatic heterocycles. The molecule has 0 fully saturated rings. The summed E-state index contributed by atoms with van der Waals surface area (Å²) >= 11 is 0. The maximum Gasteiger partial charge on any atom is 0.129 e. The summed E-state index contributed by atoms with van der Waals surface area (Å²) in [6.45, 7) is 4.37. The number of hydrogen-bond acceptors (Lipinski definition) is 2. The van der Waals surface area contributed by atoms with E-state index in [2.05, 4.69) is 6.07 Å². The van der Waals surface area contributed by atoms with E-state index in [1.54, 1.807) is 6.92 Å². The van der Waals surface area contributed by atoms with Gasteiger partial charge in [0.05, 0.1) is 6.61 Å². The maximum atomic E-state index is 10.8. The molecule has 0 bridgehead atoms. The van der Waals surface area contributed by atoms with Crippen molar-refractivity contribution in [2.24, 2.45) is 0 Å². The minimum Gasteiger partial charge on any atom is -0.494 e. The molecule has 0 spiro atoms. The normalized spacial score (nSPS) is 10.2. The van der Waals surface area contributed by atoms with Gasteiger partial charge in [-0.3, -0.25) is 0 Å².